The molecule has 11 heteroatoms. The fourth-order valence-corrected chi connectivity index (χ4v) is 4.46. The van der Waals surface area contributed by atoms with Gasteiger partial charge >= 0.3 is 12.3 Å². The van der Waals surface area contributed by atoms with Gasteiger partial charge in [0.05, 0.1) is 11.8 Å². The van der Waals surface area contributed by atoms with Gasteiger partial charge in [0, 0.05) is 31.1 Å². The Morgan fingerprint density at radius 2 is 2.15 bits per heavy atom. The fourth-order valence-electron chi connectivity index (χ4n) is 3.41. The van der Waals surface area contributed by atoms with Crippen molar-refractivity contribution in [2.75, 3.05) is 24.3 Å². The van der Waals surface area contributed by atoms with E-state index in [1.54, 1.807) is 7.05 Å². The van der Waals surface area contributed by atoms with Crippen molar-refractivity contribution in [2.45, 2.75) is 43.9 Å². The second-order valence-corrected chi connectivity index (χ2v) is 7.68. The van der Waals surface area contributed by atoms with Crippen LogP contribution in [-0.4, -0.2) is 53.5 Å². The summed E-state index contributed by atoms with van der Waals surface area (Å²) in [6, 6.07) is 1.40. The third-order valence-electron chi connectivity index (χ3n) is 4.64. The normalized spacial score (nSPS) is 20.0. The zero-order valence-electron chi connectivity index (χ0n) is 14.8. The zero-order valence-corrected chi connectivity index (χ0v) is 15.6. The number of hydrogen-bond donors (Lipinski definition) is 3. The lowest BCUT2D eigenvalue weighted by Gasteiger charge is -2.26. The van der Waals surface area contributed by atoms with Crippen molar-refractivity contribution in [3.05, 3.63) is 10.9 Å². The summed E-state index contributed by atoms with van der Waals surface area (Å²) in [4.78, 5) is 22.2. The van der Waals surface area contributed by atoms with E-state index in [0.717, 1.165) is 17.8 Å². The molecule has 1 aliphatic carbocycles. The van der Waals surface area contributed by atoms with Gasteiger partial charge in [0.1, 0.15) is 10.6 Å². The minimum absolute atomic E-state index is 0.0376. The minimum atomic E-state index is -4.28. The minimum Gasteiger partial charge on any atom is -0.465 e. The van der Waals surface area contributed by atoms with Gasteiger partial charge in [-0.3, -0.25) is 0 Å². The molecule has 0 unspecified atom stereocenters. The maximum absolute atomic E-state index is 12.8. The van der Waals surface area contributed by atoms with Crippen molar-refractivity contribution >= 4 is 39.4 Å². The number of thiophene rings is 1. The number of anilines is 2. The predicted molar refractivity (Wildman–Crippen MR) is 97.7 cm³/mol. The van der Waals surface area contributed by atoms with E-state index in [-0.39, 0.29) is 17.0 Å². The van der Waals surface area contributed by atoms with Gasteiger partial charge in [-0.05, 0) is 25.3 Å². The van der Waals surface area contributed by atoms with E-state index < -0.39 is 18.7 Å². The van der Waals surface area contributed by atoms with E-state index >= 15 is 0 Å². The topological polar surface area (TPSA) is 90.4 Å². The molecule has 0 spiro atoms. The van der Waals surface area contributed by atoms with Crippen LogP contribution >= 0.6 is 11.3 Å². The fraction of sp³-hybridized carbons (Fsp3) is 0.562. The van der Waals surface area contributed by atoms with Crippen LogP contribution in [0.3, 0.4) is 0 Å². The Bertz CT molecular complexity index is 841. The number of alkyl halides is 3. The third-order valence-corrected chi connectivity index (χ3v) is 5.67. The second kappa shape index (κ2) is 7.37. The highest BCUT2D eigenvalue weighted by Crippen LogP contribution is 2.37. The number of carbonyl (C=O) groups is 1. The summed E-state index contributed by atoms with van der Waals surface area (Å²) in [5.74, 6) is 0.887. The molecular weight excluding hydrogens is 383 g/mol. The monoisotopic (exact) mass is 403 g/mol. The molecule has 0 aliphatic heterocycles. The number of rotatable bonds is 5. The summed E-state index contributed by atoms with van der Waals surface area (Å²) in [7, 11) is 3.48. The summed E-state index contributed by atoms with van der Waals surface area (Å²) < 4.78 is 38.3. The third kappa shape index (κ3) is 4.52. The molecule has 3 rings (SSSR count). The average molecular weight is 403 g/mol. The SMILES string of the molecule is CNc1nc(N(C)[C@@H]2CC[C@H](NC(=O)O)C2)c2cc(CC(F)(F)F)sc2n1. The summed E-state index contributed by atoms with van der Waals surface area (Å²) >= 11 is 1.01. The molecular formula is C16H20F3N5O2S. The lowest BCUT2D eigenvalue weighted by Crippen LogP contribution is -2.35. The van der Waals surface area contributed by atoms with E-state index in [9.17, 15) is 18.0 Å². The summed E-state index contributed by atoms with van der Waals surface area (Å²) in [6.45, 7) is 0. The first-order valence-electron chi connectivity index (χ1n) is 8.43. The molecule has 7 nitrogen and oxygen atoms in total. The molecule has 2 atom stereocenters. The molecule has 27 heavy (non-hydrogen) atoms. The largest absolute Gasteiger partial charge is 0.465 e. The molecule has 1 saturated carbocycles. The van der Waals surface area contributed by atoms with Crippen LogP contribution in [0.15, 0.2) is 6.07 Å². The number of nitrogens with one attached hydrogen (secondary N) is 2. The maximum atomic E-state index is 12.8. The van der Waals surface area contributed by atoms with Gasteiger partial charge in [0.2, 0.25) is 5.95 Å². The van der Waals surface area contributed by atoms with Gasteiger partial charge < -0.3 is 20.6 Å². The van der Waals surface area contributed by atoms with Crippen LogP contribution in [0.25, 0.3) is 10.2 Å². The highest BCUT2D eigenvalue weighted by atomic mass is 32.1. The van der Waals surface area contributed by atoms with Crippen molar-refractivity contribution in [1.82, 2.24) is 15.3 Å². The van der Waals surface area contributed by atoms with Crippen LogP contribution in [0.1, 0.15) is 24.1 Å². The first-order chi connectivity index (χ1) is 12.7. The number of aromatic nitrogens is 2. The van der Waals surface area contributed by atoms with Gasteiger partial charge in [-0.1, -0.05) is 0 Å². The Morgan fingerprint density at radius 1 is 1.41 bits per heavy atom. The van der Waals surface area contributed by atoms with Crippen LogP contribution in [0.5, 0.6) is 0 Å². The smallest absolute Gasteiger partial charge is 0.404 e. The Hall–Kier alpha value is -2.30. The van der Waals surface area contributed by atoms with E-state index in [2.05, 4.69) is 20.6 Å². The van der Waals surface area contributed by atoms with Crippen LogP contribution in [-0.2, 0) is 6.42 Å². The molecule has 3 N–H and O–H groups in total. The summed E-state index contributed by atoms with van der Waals surface area (Å²) in [5.41, 5.74) is 0. The molecule has 0 bridgehead atoms. The zero-order chi connectivity index (χ0) is 19.8. The Kier molecular flexibility index (Phi) is 5.31. The van der Waals surface area contributed by atoms with E-state index in [0.29, 0.717) is 34.8 Å². The second-order valence-electron chi connectivity index (χ2n) is 6.57. The van der Waals surface area contributed by atoms with Gasteiger partial charge in [-0.15, -0.1) is 11.3 Å². The first-order valence-corrected chi connectivity index (χ1v) is 9.25. The van der Waals surface area contributed by atoms with E-state index in [1.807, 2.05) is 11.9 Å². The Morgan fingerprint density at radius 3 is 2.78 bits per heavy atom. The lowest BCUT2D eigenvalue weighted by atomic mass is 10.2. The van der Waals surface area contributed by atoms with Crippen LogP contribution in [0.4, 0.5) is 29.7 Å². The Labute approximate surface area is 157 Å². The molecule has 0 radical (unpaired) electrons. The molecule has 0 aromatic carbocycles. The number of nitrogens with zero attached hydrogens (tertiary/aromatic N) is 3. The van der Waals surface area contributed by atoms with Crippen molar-refractivity contribution in [2.24, 2.45) is 0 Å². The summed E-state index contributed by atoms with van der Waals surface area (Å²) in [6.07, 6.45) is -4.26. The summed E-state index contributed by atoms with van der Waals surface area (Å²) in [5, 5.41) is 14.8. The first kappa shape index (κ1) is 19.5. The highest BCUT2D eigenvalue weighted by Gasteiger charge is 2.32. The highest BCUT2D eigenvalue weighted by molar-refractivity contribution is 7.18. The molecule has 148 valence electrons. The molecule has 1 fully saturated rings. The van der Waals surface area contributed by atoms with Crippen molar-refractivity contribution in [3.8, 4) is 0 Å². The molecule has 2 aromatic heterocycles. The molecule has 0 saturated heterocycles. The van der Waals surface area contributed by atoms with Crippen molar-refractivity contribution in [3.63, 3.8) is 0 Å². The van der Waals surface area contributed by atoms with E-state index in [1.165, 1.54) is 6.07 Å². The standard InChI is InChI=1S/C16H20F3N5O2S/c1-20-14-22-12(24(2)9-4-3-8(5-9)21-15(25)26)11-6-10(7-16(17,18)19)27-13(11)23-14/h6,8-9,21H,3-5,7H2,1-2H3,(H,25,26)(H,20,22,23)/t8-,9+/m0/s1. The number of carboxylic acid groups (broad SMARTS) is 1. The van der Waals surface area contributed by atoms with Gasteiger partial charge in [0.15, 0.2) is 0 Å². The number of amides is 1. The van der Waals surface area contributed by atoms with Crippen molar-refractivity contribution in [1.29, 1.82) is 0 Å². The molecule has 1 amide bonds. The van der Waals surface area contributed by atoms with Crippen molar-refractivity contribution < 1.29 is 23.1 Å². The maximum Gasteiger partial charge on any atom is 0.404 e. The number of hydrogen-bond acceptors (Lipinski definition) is 6. The predicted octanol–water partition coefficient (Wildman–Crippen LogP) is 3.46. The van der Waals surface area contributed by atoms with Gasteiger partial charge in [0.25, 0.3) is 0 Å². The average Bonchev–Trinajstić information content (AvgIpc) is 3.17. The number of fused-ring (bicyclic) bond motifs is 1. The number of halogens is 3. The van der Waals surface area contributed by atoms with Crippen LogP contribution in [0.2, 0.25) is 0 Å². The van der Waals surface area contributed by atoms with Crippen LogP contribution in [0, 0.1) is 0 Å². The Balaban J connectivity index is 1.91. The van der Waals surface area contributed by atoms with Gasteiger partial charge in [-0.2, -0.15) is 18.2 Å². The quantitative estimate of drug-likeness (QED) is 0.708. The molecule has 1 aliphatic rings. The molecule has 2 aromatic rings. The van der Waals surface area contributed by atoms with E-state index in [4.69, 9.17) is 5.11 Å². The molecule has 2 heterocycles. The lowest BCUT2D eigenvalue weighted by molar-refractivity contribution is -0.126. The van der Waals surface area contributed by atoms with Gasteiger partial charge in [-0.25, -0.2) is 9.78 Å². The van der Waals surface area contributed by atoms with Crippen LogP contribution < -0.4 is 15.5 Å².